The molecule has 2 rings (SSSR count). The maximum absolute atomic E-state index is 5.71. The molecule has 0 bridgehead atoms. The first kappa shape index (κ1) is 14.9. The number of hydrogen-bond acceptors (Lipinski definition) is 3. The van der Waals surface area contributed by atoms with Crippen LogP contribution in [0.15, 0.2) is 36.7 Å². The van der Waals surface area contributed by atoms with Gasteiger partial charge in [0.25, 0.3) is 0 Å². The van der Waals surface area contributed by atoms with E-state index in [2.05, 4.69) is 49.3 Å². The quantitative estimate of drug-likeness (QED) is 0.870. The zero-order valence-corrected chi connectivity index (χ0v) is 12.8. The lowest BCUT2D eigenvalue weighted by molar-refractivity contribution is -0.0107. The summed E-state index contributed by atoms with van der Waals surface area (Å²) in [4.78, 5) is 4.39. The van der Waals surface area contributed by atoms with Crippen molar-refractivity contribution in [3.05, 3.63) is 42.2 Å². The highest BCUT2D eigenvalue weighted by atomic mass is 16.5. The molecule has 3 nitrogen and oxygen atoms in total. The molecule has 1 N–H and O–H groups in total. The molecule has 0 saturated heterocycles. The van der Waals surface area contributed by atoms with Crippen LogP contribution in [-0.4, -0.2) is 24.2 Å². The van der Waals surface area contributed by atoms with E-state index in [4.69, 9.17) is 4.74 Å². The number of hydrogen-bond donors (Lipinski definition) is 1. The Bertz CT molecular complexity index is 560. The van der Waals surface area contributed by atoms with Gasteiger partial charge in [-0.05, 0) is 37.8 Å². The summed E-state index contributed by atoms with van der Waals surface area (Å²) in [5.74, 6) is 0. The molecule has 0 fully saturated rings. The Hall–Kier alpha value is -1.45. The predicted molar refractivity (Wildman–Crippen MR) is 83.9 cm³/mol. The lowest BCUT2D eigenvalue weighted by atomic mass is 9.89. The molecule has 108 valence electrons. The minimum Gasteiger partial charge on any atom is -0.377 e. The summed E-state index contributed by atoms with van der Waals surface area (Å²) in [7, 11) is 1.76. The smallest absolute Gasteiger partial charge is 0.0817 e. The molecule has 0 saturated carbocycles. The van der Waals surface area contributed by atoms with Crippen molar-refractivity contribution in [2.24, 2.45) is 0 Å². The first-order valence-electron chi connectivity index (χ1n) is 7.21. The van der Waals surface area contributed by atoms with Crippen LogP contribution < -0.4 is 5.32 Å². The molecule has 2 aromatic rings. The highest BCUT2D eigenvalue weighted by molar-refractivity contribution is 5.85. The second kappa shape index (κ2) is 6.33. The minimum absolute atomic E-state index is 0.117. The lowest BCUT2D eigenvalue weighted by Crippen LogP contribution is -2.41. The van der Waals surface area contributed by atoms with E-state index in [1.807, 2.05) is 18.5 Å². The standard InChI is InChI=1S/C17H24N2O/c1-5-10-19-16(17(2,3)20-4)15-12-18-11-13-8-6-7-9-14(13)15/h6-9,11-12,16,19H,5,10H2,1-4H3. The van der Waals surface area contributed by atoms with Crippen LogP contribution in [0.2, 0.25) is 0 Å². The van der Waals surface area contributed by atoms with E-state index in [0.717, 1.165) is 13.0 Å². The Morgan fingerprint density at radius 3 is 2.70 bits per heavy atom. The van der Waals surface area contributed by atoms with Crippen LogP contribution in [0.3, 0.4) is 0 Å². The van der Waals surface area contributed by atoms with E-state index in [-0.39, 0.29) is 11.6 Å². The first-order valence-corrected chi connectivity index (χ1v) is 7.21. The number of benzene rings is 1. The second-order valence-electron chi connectivity index (χ2n) is 5.64. The van der Waals surface area contributed by atoms with Crippen LogP contribution in [0, 0.1) is 0 Å². The number of nitrogens with zero attached hydrogens (tertiary/aromatic N) is 1. The van der Waals surface area contributed by atoms with Crippen molar-refractivity contribution in [3.8, 4) is 0 Å². The highest BCUT2D eigenvalue weighted by Crippen LogP contribution is 2.32. The molecule has 1 atom stereocenters. The Labute approximate surface area is 121 Å². The zero-order chi connectivity index (χ0) is 14.6. The summed E-state index contributed by atoms with van der Waals surface area (Å²) in [6.07, 6.45) is 4.96. The van der Waals surface area contributed by atoms with Crippen molar-refractivity contribution in [2.75, 3.05) is 13.7 Å². The molecular weight excluding hydrogens is 248 g/mol. The Balaban J connectivity index is 2.50. The van der Waals surface area contributed by atoms with Gasteiger partial charge in [0.05, 0.1) is 11.6 Å². The number of aromatic nitrogens is 1. The summed E-state index contributed by atoms with van der Waals surface area (Å²) in [5, 5.41) is 6.01. The van der Waals surface area contributed by atoms with Crippen LogP contribution in [0.5, 0.6) is 0 Å². The largest absolute Gasteiger partial charge is 0.377 e. The predicted octanol–water partition coefficient (Wildman–Crippen LogP) is 3.70. The van der Waals surface area contributed by atoms with Gasteiger partial charge in [0.1, 0.15) is 0 Å². The number of pyridine rings is 1. The molecule has 3 heteroatoms. The molecule has 0 spiro atoms. The summed E-state index contributed by atoms with van der Waals surface area (Å²) in [6, 6.07) is 8.49. The fourth-order valence-corrected chi connectivity index (χ4v) is 2.51. The van der Waals surface area contributed by atoms with Crippen molar-refractivity contribution >= 4 is 10.8 Å². The van der Waals surface area contributed by atoms with E-state index >= 15 is 0 Å². The highest BCUT2D eigenvalue weighted by Gasteiger charge is 2.31. The molecule has 1 heterocycles. The van der Waals surface area contributed by atoms with Gasteiger partial charge >= 0.3 is 0 Å². The van der Waals surface area contributed by atoms with Crippen LogP contribution in [0.25, 0.3) is 10.8 Å². The summed E-state index contributed by atoms with van der Waals surface area (Å²) in [5.41, 5.74) is 0.907. The topological polar surface area (TPSA) is 34.2 Å². The average molecular weight is 272 g/mol. The van der Waals surface area contributed by atoms with E-state index in [1.54, 1.807) is 7.11 Å². The Kier molecular flexibility index (Phi) is 4.73. The van der Waals surface area contributed by atoms with E-state index < -0.39 is 0 Å². The third-order valence-electron chi connectivity index (χ3n) is 3.83. The normalized spacial score (nSPS) is 13.6. The van der Waals surface area contributed by atoms with E-state index in [0.29, 0.717) is 0 Å². The van der Waals surface area contributed by atoms with E-state index in [9.17, 15) is 0 Å². The zero-order valence-electron chi connectivity index (χ0n) is 12.8. The van der Waals surface area contributed by atoms with Crippen LogP contribution in [0.1, 0.15) is 38.8 Å². The Morgan fingerprint density at radius 2 is 2.00 bits per heavy atom. The van der Waals surface area contributed by atoms with Gasteiger partial charge in [-0.2, -0.15) is 0 Å². The molecule has 0 aliphatic heterocycles. The minimum atomic E-state index is -0.291. The summed E-state index contributed by atoms with van der Waals surface area (Å²) in [6.45, 7) is 7.36. The molecule has 1 aromatic carbocycles. The van der Waals surface area contributed by atoms with Gasteiger partial charge in [0.2, 0.25) is 0 Å². The van der Waals surface area contributed by atoms with Crippen molar-refractivity contribution in [1.29, 1.82) is 0 Å². The van der Waals surface area contributed by atoms with Gasteiger partial charge in [-0.25, -0.2) is 0 Å². The fourth-order valence-electron chi connectivity index (χ4n) is 2.51. The first-order chi connectivity index (χ1) is 9.60. The van der Waals surface area contributed by atoms with Gasteiger partial charge in [-0.15, -0.1) is 0 Å². The second-order valence-corrected chi connectivity index (χ2v) is 5.64. The lowest BCUT2D eigenvalue weighted by Gasteiger charge is -2.34. The fraction of sp³-hybridized carbons (Fsp3) is 0.471. The molecular formula is C17H24N2O. The maximum atomic E-state index is 5.71. The molecule has 1 aromatic heterocycles. The molecule has 1 unspecified atom stereocenters. The number of rotatable bonds is 6. The number of fused-ring (bicyclic) bond motifs is 1. The molecule has 0 radical (unpaired) electrons. The van der Waals surface area contributed by atoms with Crippen molar-refractivity contribution < 1.29 is 4.74 Å². The van der Waals surface area contributed by atoms with E-state index in [1.165, 1.54) is 16.3 Å². The Morgan fingerprint density at radius 1 is 1.25 bits per heavy atom. The van der Waals surface area contributed by atoms with Crippen LogP contribution in [-0.2, 0) is 4.74 Å². The van der Waals surface area contributed by atoms with Crippen LogP contribution >= 0.6 is 0 Å². The number of nitrogens with one attached hydrogen (secondary N) is 1. The van der Waals surface area contributed by atoms with Gasteiger partial charge < -0.3 is 10.1 Å². The molecule has 0 aliphatic carbocycles. The molecule has 0 aliphatic rings. The maximum Gasteiger partial charge on any atom is 0.0817 e. The molecule has 20 heavy (non-hydrogen) atoms. The van der Waals surface area contributed by atoms with Crippen molar-refractivity contribution in [2.45, 2.75) is 38.8 Å². The van der Waals surface area contributed by atoms with Crippen LogP contribution in [0.4, 0.5) is 0 Å². The summed E-state index contributed by atoms with van der Waals surface area (Å²) >= 11 is 0. The van der Waals surface area contributed by atoms with Gasteiger partial charge in [0.15, 0.2) is 0 Å². The third kappa shape index (κ3) is 3.00. The van der Waals surface area contributed by atoms with Crippen molar-refractivity contribution in [3.63, 3.8) is 0 Å². The van der Waals surface area contributed by atoms with Gasteiger partial charge in [-0.1, -0.05) is 31.2 Å². The van der Waals surface area contributed by atoms with Gasteiger partial charge in [0, 0.05) is 24.9 Å². The number of methoxy groups -OCH3 is 1. The summed E-state index contributed by atoms with van der Waals surface area (Å²) < 4.78 is 5.71. The molecule has 0 amide bonds. The van der Waals surface area contributed by atoms with Gasteiger partial charge in [-0.3, -0.25) is 4.98 Å². The number of ether oxygens (including phenoxy) is 1. The monoisotopic (exact) mass is 272 g/mol. The SMILES string of the molecule is CCCNC(c1cncc2ccccc12)C(C)(C)OC. The van der Waals surface area contributed by atoms with Crippen molar-refractivity contribution in [1.82, 2.24) is 10.3 Å². The third-order valence-corrected chi connectivity index (χ3v) is 3.83. The average Bonchev–Trinajstić information content (AvgIpc) is 2.47.